The molecular weight excluding hydrogens is 300 g/mol. The summed E-state index contributed by atoms with van der Waals surface area (Å²) >= 11 is 0. The van der Waals surface area contributed by atoms with Gasteiger partial charge in [-0.25, -0.2) is 0 Å². The van der Waals surface area contributed by atoms with Crippen molar-refractivity contribution in [2.24, 2.45) is 5.73 Å². The van der Waals surface area contributed by atoms with E-state index in [4.69, 9.17) is 10.5 Å². The van der Waals surface area contributed by atoms with Gasteiger partial charge in [0.25, 0.3) is 0 Å². The summed E-state index contributed by atoms with van der Waals surface area (Å²) in [7, 11) is 3.94. The number of nitrogens with zero attached hydrogens (tertiary/aromatic N) is 1. The average molecular weight is 328 g/mol. The minimum atomic E-state index is -0.835. The Balaban J connectivity index is 2.15. The lowest BCUT2D eigenvalue weighted by atomic mass is 9.74. The Morgan fingerprint density at radius 1 is 1.08 bits per heavy atom. The second-order valence-corrected chi connectivity index (χ2v) is 6.87. The van der Waals surface area contributed by atoms with E-state index in [2.05, 4.69) is 31.2 Å². The van der Waals surface area contributed by atoms with Gasteiger partial charge in [-0.05, 0) is 50.2 Å². The number of aliphatic hydroxyl groups is 1. The van der Waals surface area contributed by atoms with Crippen LogP contribution in [0, 0.1) is 0 Å². The molecule has 0 amide bonds. The number of rotatable bonds is 8. The van der Waals surface area contributed by atoms with Crippen molar-refractivity contribution < 1.29 is 9.84 Å². The molecule has 3 N–H and O–H groups in total. The van der Waals surface area contributed by atoms with Crippen molar-refractivity contribution >= 4 is 0 Å². The summed E-state index contributed by atoms with van der Waals surface area (Å²) in [4.78, 5) is 1.98. The van der Waals surface area contributed by atoms with Gasteiger partial charge in [-0.3, -0.25) is 4.90 Å². The standard InChI is InChI=1S/C20H28N2O2/c1-20(14-19(21)23,17-7-5-4-6-8-17)13-16-9-11-18(12-10-16)24-15-22(2)3/h4-12,19,23H,13-15,21H2,1-3H3/t19-,20?/m1/s1. The van der Waals surface area contributed by atoms with Gasteiger partial charge in [-0.2, -0.15) is 0 Å². The minimum Gasteiger partial charge on any atom is -0.478 e. The summed E-state index contributed by atoms with van der Waals surface area (Å²) in [5, 5.41) is 9.75. The Kier molecular flexibility index (Phi) is 6.37. The van der Waals surface area contributed by atoms with Crippen LogP contribution in [0.3, 0.4) is 0 Å². The van der Waals surface area contributed by atoms with Crippen molar-refractivity contribution in [3.63, 3.8) is 0 Å². The van der Waals surface area contributed by atoms with Crippen LogP contribution < -0.4 is 10.5 Å². The number of aliphatic hydroxyl groups excluding tert-OH is 1. The van der Waals surface area contributed by atoms with Crippen LogP contribution in [0.2, 0.25) is 0 Å². The first kappa shape index (κ1) is 18.5. The normalized spacial score (nSPS) is 15.1. The largest absolute Gasteiger partial charge is 0.478 e. The van der Waals surface area contributed by atoms with E-state index >= 15 is 0 Å². The molecule has 130 valence electrons. The molecule has 0 aliphatic heterocycles. The highest BCUT2D eigenvalue weighted by molar-refractivity contribution is 5.32. The van der Waals surface area contributed by atoms with Crippen molar-refractivity contribution in [2.45, 2.75) is 31.4 Å². The SMILES string of the molecule is CN(C)COc1ccc(CC(C)(C[C@H](N)O)c2ccccc2)cc1. The maximum atomic E-state index is 9.75. The van der Waals surface area contributed by atoms with E-state index in [0.717, 1.165) is 12.2 Å². The van der Waals surface area contributed by atoms with Crippen molar-refractivity contribution in [1.29, 1.82) is 0 Å². The lowest BCUT2D eigenvalue weighted by Crippen LogP contribution is -2.34. The molecule has 24 heavy (non-hydrogen) atoms. The van der Waals surface area contributed by atoms with Gasteiger partial charge in [0.1, 0.15) is 18.7 Å². The lowest BCUT2D eigenvalue weighted by molar-refractivity contribution is 0.140. The summed E-state index contributed by atoms with van der Waals surface area (Å²) in [6.45, 7) is 2.70. The second kappa shape index (κ2) is 8.29. The van der Waals surface area contributed by atoms with Crippen molar-refractivity contribution in [3.05, 3.63) is 65.7 Å². The molecule has 2 aromatic carbocycles. The molecule has 2 rings (SSSR count). The molecule has 4 heteroatoms. The van der Waals surface area contributed by atoms with Crippen LogP contribution in [0.25, 0.3) is 0 Å². The van der Waals surface area contributed by atoms with Crippen molar-refractivity contribution in [2.75, 3.05) is 20.8 Å². The maximum Gasteiger partial charge on any atom is 0.141 e. The third-order valence-electron chi connectivity index (χ3n) is 4.14. The van der Waals surface area contributed by atoms with E-state index in [1.165, 1.54) is 11.1 Å². The van der Waals surface area contributed by atoms with Gasteiger partial charge < -0.3 is 15.6 Å². The van der Waals surface area contributed by atoms with Gasteiger partial charge in [-0.1, -0.05) is 49.4 Å². The van der Waals surface area contributed by atoms with Crippen LogP contribution in [0.4, 0.5) is 0 Å². The Morgan fingerprint density at radius 2 is 1.71 bits per heavy atom. The third kappa shape index (κ3) is 5.34. The Morgan fingerprint density at radius 3 is 2.25 bits per heavy atom. The summed E-state index contributed by atoms with van der Waals surface area (Å²) in [6, 6.07) is 18.4. The summed E-state index contributed by atoms with van der Waals surface area (Å²) in [6.07, 6.45) is 0.479. The first-order valence-corrected chi connectivity index (χ1v) is 8.25. The number of ether oxygens (including phenoxy) is 1. The summed E-state index contributed by atoms with van der Waals surface area (Å²) in [5.41, 5.74) is 7.85. The Labute approximate surface area is 144 Å². The van der Waals surface area contributed by atoms with E-state index in [0.29, 0.717) is 13.2 Å². The predicted molar refractivity (Wildman–Crippen MR) is 97.9 cm³/mol. The van der Waals surface area contributed by atoms with Gasteiger partial charge in [0.2, 0.25) is 0 Å². The first-order valence-electron chi connectivity index (χ1n) is 8.25. The van der Waals surface area contributed by atoms with E-state index < -0.39 is 6.23 Å². The first-order chi connectivity index (χ1) is 11.4. The highest BCUT2D eigenvalue weighted by Crippen LogP contribution is 2.32. The average Bonchev–Trinajstić information content (AvgIpc) is 2.54. The predicted octanol–water partition coefficient (Wildman–Crippen LogP) is 2.75. The molecule has 2 aromatic rings. The van der Waals surface area contributed by atoms with Gasteiger partial charge in [0.15, 0.2) is 0 Å². The molecule has 0 aromatic heterocycles. The van der Waals surface area contributed by atoms with E-state index in [-0.39, 0.29) is 5.41 Å². The molecule has 0 radical (unpaired) electrons. The molecule has 0 spiro atoms. The monoisotopic (exact) mass is 328 g/mol. The Hall–Kier alpha value is -1.88. The minimum absolute atomic E-state index is 0.221. The smallest absolute Gasteiger partial charge is 0.141 e. The number of nitrogens with two attached hydrogens (primary N) is 1. The molecule has 1 unspecified atom stereocenters. The molecule has 0 heterocycles. The summed E-state index contributed by atoms with van der Waals surface area (Å²) < 4.78 is 5.67. The fourth-order valence-electron chi connectivity index (χ4n) is 2.95. The van der Waals surface area contributed by atoms with Crippen LogP contribution in [0.1, 0.15) is 24.5 Å². The fourth-order valence-corrected chi connectivity index (χ4v) is 2.95. The zero-order valence-electron chi connectivity index (χ0n) is 14.8. The van der Waals surface area contributed by atoms with Gasteiger partial charge in [0.05, 0.1) is 0 Å². The molecule has 0 fully saturated rings. The highest BCUT2D eigenvalue weighted by atomic mass is 16.5. The molecular formula is C20H28N2O2. The zero-order chi connectivity index (χ0) is 17.6. The number of hydrogen-bond acceptors (Lipinski definition) is 4. The van der Waals surface area contributed by atoms with Crippen LogP contribution in [0.15, 0.2) is 54.6 Å². The zero-order valence-corrected chi connectivity index (χ0v) is 14.8. The molecule has 0 bridgehead atoms. The number of benzene rings is 2. The van der Waals surface area contributed by atoms with Crippen LogP contribution in [0.5, 0.6) is 5.75 Å². The topological polar surface area (TPSA) is 58.7 Å². The van der Waals surface area contributed by atoms with E-state index in [1.54, 1.807) is 0 Å². The van der Waals surface area contributed by atoms with Gasteiger partial charge >= 0.3 is 0 Å². The second-order valence-electron chi connectivity index (χ2n) is 6.87. The quantitative estimate of drug-likeness (QED) is 0.732. The third-order valence-corrected chi connectivity index (χ3v) is 4.14. The maximum absolute atomic E-state index is 9.75. The molecule has 0 saturated carbocycles. The highest BCUT2D eigenvalue weighted by Gasteiger charge is 2.28. The molecule has 0 aliphatic rings. The van der Waals surface area contributed by atoms with Gasteiger partial charge in [-0.15, -0.1) is 0 Å². The van der Waals surface area contributed by atoms with Gasteiger partial charge in [0, 0.05) is 5.41 Å². The van der Waals surface area contributed by atoms with Crippen molar-refractivity contribution in [1.82, 2.24) is 4.90 Å². The Bertz CT molecular complexity index is 611. The van der Waals surface area contributed by atoms with Crippen LogP contribution in [-0.4, -0.2) is 37.1 Å². The van der Waals surface area contributed by atoms with Crippen LogP contribution in [-0.2, 0) is 11.8 Å². The van der Waals surface area contributed by atoms with E-state index in [1.807, 2.05) is 49.3 Å². The van der Waals surface area contributed by atoms with Crippen LogP contribution >= 0.6 is 0 Å². The molecule has 0 aliphatic carbocycles. The lowest BCUT2D eigenvalue weighted by Gasteiger charge is -2.31. The molecule has 2 atom stereocenters. The fraction of sp³-hybridized carbons (Fsp3) is 0.400. The molecule has 0 saturated heterocycles. The molecule has 4 nitrogen and oxygen atoms in total. The van der Waals surface area contributed by atoms with Crippen molar-refractivity contribution in [3.8, 4) is 5.75 Å². The summed E-state index contributed by atoms with van der Waals surface area (Å²) in [5.74, 6) is 0.854. The number of hydrogen-bond donors (Lipinski definition) is 2. The van der Waals surface area contributed by atoms with E-state index in [9.17, 15) is 5.11 Å².